The van der Waals surface area contributed by atoms with Gasteiger partial charge >= 0.3 is 0 Å². The van der Waals surface area contributed by atoms with E-state index in [9.17, 15) is 0 Å². The fourth-order valence-corrected chi connectivity index (χ4v) is 0.984. The van der Waals surface area contributed by atoms with Gasteiger partial charge in [0.2, 0.25) is 0 Å². The first kappa shape index (κ1) is 19.1. The van der Waals surface area contributed by atoms with Crippen LogP contribution in [0.2, 0.25) is 0 Å². The molecule has 0 amide bonds. The minimum atomic E-state index is 0. The van der Waals surface area contributed by atoms with E-state index in [0.29, 0.717) is 12.8 Å². The molecule has 0 saturated carbocycles. The summed E-state index contributed by atoms with van der Waals surface area (Å²) in [5.74, 6) is 0.531. The van der Waals surface area contributed by atoms with Crippen molar-refractivity contribution in [1.82, 2.24) is 0 Å². The second kappa shape index (κ2) is 12.5. The van der Waals surface area contributed by atoms with Crippen LogP contribution >= 0.6 is 24.8 Å². The minimum Gasteiger partial charge on any atom is -0.388 e. The summed E-state index contributed by atoms with van der Waals surface area (Å²) in [5, 5.41) is 13.9. The van der Waals surface area contributed by atoms with Gasteiger partial charge in [-0.2, -0.15) is 0 Å². The summed E-state index contributed by atoms with van der Waals surface area (Å²) < 4.78 is 0. The Kier molecular flexibility index (Phi) is 17.1. The molecular formula is C8H20Cl2N4. The zero-order valence-corrected chi connectivity index (χ0v) is 9.85. The number of unbranched alkanes of at least 4 members (excludes halogenated alkanes) is 3. The van der Waals surface area contributed by atoms with Crippen LogP contribution in [0.4, 0.5) is 0 Å². The van der Waals surface area contributed by atoms with Gasteiger partial charge in [-0.15, -0.1) is 24.8 Å². The number of nitrogens with one attached hydrogen (secondary N) is 2. The van der Waals surface area contributed by atoms with Gasteiger partial charge in [0.1, 0.15) is 0 Å². The average molecular weight is 243 g/mol. The Hall–Kier alpha value is -0.480. The van der Waals surface area contributed by atoms with E-state index in [-0.39, 0.29) is 36.5 Å². The van der Waals surface area contributed by atoms with Gasteiger partial charge in [-0.25, -0.2) is 0 Å². The monoisotopic (exact) mass is 242 g/mol. The SMILES string of the molecule is Cl.Cl.N=C(N)CCCCCCC(=N)N. The molecule has 0 aromatic carbocycles. The lowest BCUT2D eigenvalue weighted by Gasteiger charge is -1.99. The molecule has 0 aliphatic rings. The zero-order valence-electron chi connectivity index (χ0n) is 8.21. The highest BCUT2D eigenvalue weighted by atomic mass is 35.5. The average Bonchev–Trinajstić information content (AvgIpc) is 1.95. The number of halogens is 2. The van der Waals surface area contributed by atoms with Crippen LogP contribution in [0.1, 0.15) is 38.5 Å². The van der Waals surface area contributed by atoms with E-state index < -0.39 is 0 Å². The Balaban J connectivity index is -0.000000605. The van der Waals surface area contributed by atoms with E-state index >= 15 is 0 Å². The van der Waals surface area contributed by atoms with Gasteiger partial charge in [0.05, 0.1) is 11.7 Å². The molecule has 0 aromatic heterocycles. The largest absolute Gasteiger partial charge is 0.388 e. The van der Waals surface area contributed by atoms with E-state index in [1.807, 2.05) is 0 Å². The fraction of sp³-hybridized carbons (Fsp3) is 0.750. The topological polar surface area (TPSA) is 99.7 Å². The summed E-state index contributed by atoms with van der Waals surface area (Å²) in [6, 6.07) is 0. The molecular weight excluding hydrogens is 223 g/mol. The molecule has 0 bridgehead atoms. The van der Waals surface area contributed by atoms with Crippen LogP contribution in [-0.4, -0.2) is 11.7 Å². The van der Waals surface area contributed by atoms with Gasteiger partial charge in [-0.05, 0) is 12.8 Å². The van der Waals surface area contributed by atoms with Crippen LogP contribution in [-0.2, 0) is 0 Å². The smallest absolute Gasteiger partial charge is 0.0905 e. The molecule has 0 rings (SSSR count). The molecule has 6 N–H and O–H groups in total. The molecule has 0 fully saturated rings. The van der Waals surface area contributed by atoms with Gasteiger partial charge in [0.25, 0.3) is 0 Å². The second-order valence-corrected chi connectivity index (χ2v) is 2.96. The molecule has 0 aliphatic carbocycles. The standard InChI is InChI=1S/C8H18N4.2ClH/c9-7(10)5-3-1-2-4-6-8(11)12;;/h1-6H2,(H3,9,10)(H3,11,12);2*1H. The normalized spacial score (nSPS) is 8.29. The molecule has 14 heavy (non-hydrogen) atoms. The fourth-order valence-electron chi connectivity index (χ4n) is 0.984. The van der Waals surface area contributed by atoms with E-state index in [0.717, 1.165) is 25.7 Å². The Bertz CT molecular complexity index is 143. The van der Waals surface area contributed by atoms with Gasteiger partial charge in [0.15, 0.2) is 0 Å². The maximum absolute atomic E-state index is 6.97. The van der Waals surface area contributed by atoms with Gasteiger partial charge < -0.3 is 11.5 Å². The lowest BCUT2D eigenvalue weighted by atomic mass is 10.1. The highest BCUT2D eigenvalue weighted by Gasteiger charge is 1.93. The van der Waals surface area contributed by atoms with Crippen molar-refractivity contribution in [3.63, 3.8) is 0 Å². The summed E-state index contributed by atoms with van der Waals surface area (Å²) in [5.41, 5.74) is 10.4. The van der Waals surface area contributed by atoms with E-state index in [2.05, 4.69) is 0 Å². The maximum atomic E-state index is 6.97. The zero-order chi connectivity index (χ0) is 9.40. The van der Waals surface area contributed by atoms with Crippen molar-refractivity contribution in [3.8, 4) is 0 Å². The lowest BCUT2D eigenvalue weighted by Crippen LogP contribution is -2.09. The predicted octanol–water partition coefficient (Wildman–Crippen LogP) is 2.04. The van der Waals surface area contributed by atoms with Crippen molar-refractivity contribution in [3.05, 3.63) is 0 Å². The number of hydrogen-bond acceptors (Lipinski definition) is 2. The molecule has 0 aliphatic heterocycles. The third kappa shape index (κ3) is 17.6. The van der Waals surface area contributed by atoms with Crippen LogP contribution in [0.15, 0.2) is 0 Å². The maximum Gasteiger partial charge on any atom is 0.0905 e. The van der Waals surface area contributed by atoms with E-state index in [4.69, 9.17) is 22.3 Å². The molecule has 86 valence electrons. The Morgan fingerprint density at radius 1 is 0.714 bits per heavy atom. The van der Waals surface area contributed by atoms with Crippen LogP contribution in [0, 0.1) is 10.8 Å². The van der Waals surface area contributed by atoms with Gasteiger partial charge in [-0.1, -0.05) is 12.8 Å². The molecule has 0 radical (unpaired) electrons. The lowest BCUT2D eigenvalue weighted by molar-refractivity contribution is 0.663. The van der Waals surface area contributed by atoms with Crippen LogP contribution in [0.25, 0.3) is 0 Å². The van der Waals surface area contributed by atoms with Crippen molar-refractivity contribution in [1.29, 1.82) is 10.8 Å². The first-order valence-electron chi connectivity index (χ1n) is 4.28. The minimum absolute atomic E-state index is 0. The predicted molar refractivity (Wildman–Crippen MR) is 66.0 cm³/mol. The van der Waals surface area contributed by atoms with Crippen LogP contribution in [0.5, 0.6) is 0 Å². The van der Waals surface area contributed by atoms with Gasteiger partial charge in [0, 0.05) is 12.8 Å². The third-order valence-corrected chi connectivity index (χ3v) is 1.64. The molecule has 6 heteroatoms. The third-order valence-electron chi connectivity index (χ3n) is 1.64. The summed E-state index contributed by atoms with van der Waals surface area (Å²) >= 11 is 0. The summed E-state index contributed by atoms with van der Waals surface area (Å²) in [4.78, 5) is 0. The van der Waals surface area contributed by atoms with E-state index in [1.165, 1.54) is 0 Å². The van der Waals surface area contributed by atoms with Crippen molar-refractivity contribution in [2.75, 3.05) is 0 Å². The molecule has 0 saturated heterocycles. The molecule has 0 aromatic rings. The van der Waals surface area contributed by atoms with Crippen LogP contribution in [0.3, 0.4) is 0 Å². The number of rotatable bonds is 7. The van der Waals surface area contributed by atoms with Gasteiger partial charge in [-0.3, -0.25) is 10.8 Å². The first-order chi connectivity index (χ1) is 5.63. The Morgan fingerprint density at radius 3 is 1.21 bits per heavy atom. The summed E-state index contributed by atoms with van der Waals surface area (Å²) in [7, 11) is 0. The first-order valence-corrected chi connectivity index (χ1v) is 4.28. The number of nitrogens with two attached hydrogens (primary N) is 2. The molecule has 0 atom stereocenters. The second-order valence-electron chi connectivity index (χ2n) is 2.96. The quantitative estimate of drug-likeness (QED) is 0.312. The van der Waals surface area contributed by atoms with Crippen LogP contribution < -0.4 is 11.5 Å². The van der Waals surface area contributed by atoms with Crippen molar-refractivity contribution >= 4 is 36.5 Å². The number of amidine groups is 2. The highest BCUT2D eigenvalue weighted by molar-refractivity contribution is 5.85. The van der Waals surface area contributed by atoms with Crippen molar-refractivity contribution < 1.29 is 0 Å². The Labute approximate surface area is 97.7 Å². The van der Waals surface area contributed by atoms with Crippen molar-refractivity contribution in [2.45, 2.75) is 38.5 Å². The number of hydrogen-bond donors (Lipinski definition) is 4. The molecule has 0 unspecified atom stereocenters. The summed E-state index contributed by atoms with van der Waals surface area (Å²) in [6.45, 7) is 0. The molecule has 0 heterocycles. The van der Waals surface area contributed by atoms with Crippen molar-refractivity contribution in [2.24, 2.45) is 11.5 Å². The molecule has 0 spiro atoms. The Morgan fingerprint density at radius 2 is 1.00 bits per heavy atom. The molecule has 4 nitrogen and oxygen atoms in total. The summed E-state index contributed by atoms with van der Waals surface area (Å²) in [6.07, 6.45) is 5.50. The highest BCUT2D eigenvalue weighted by Crippen LogP contribution is 2.04. The van der Waals surface area contributed by atoms with E-state index in [1.54, 1.807) is 0 Å².